The standard InChI is InChI=1S/C21H24N2O2S/c1-16(26-17-10-4-2-5-11-17)20(24)22-19-13-7-6-12-18(19)21(25)23-14-8-3-9-15-23/h2,4-7,10-13,16H,3,8-9,14-15H2,1H3,(H,22,24)/t16-/m1/s1. The highest BCUT2D eigenvalue weighted by atomic mass is 32.2. The van der Waals surface area contributed by atoms with Crippen LogP contribution in [0.15, 0.2) is 59.5 Å². The van der Waals surface area contributed by atoms with Crippen molar-refractivity contribution in [1.29, 1.82) is 0 Å². The van der Waals surface area contributed by atoms with Crippen LogP contribution in [-0.4, -0.2) is 35.1 Å². The fourth-order valence-electron chi connectivity index (χ4n) is 3.04. The van der Waals surface area contributed by atoms with E-state index in [1.54, 1.807) is 12.1 Å². The van der Waals surface area contributed by atoms with Gasteiger partial charge >= 0.3 is 0 Å². The summed E-state index contributed by atoms with van der Waals surface area (Å²) >= 11 is 1.51. The molecule has 0 bridgehead atoms. The van der Waals surface area contributed by atoms with Crippen LogP contribution >= 0.6 is 11.8 Å². The second-order valence-electron chi connectivity index (χ2n) is 6.46. The van der Waals surface area contributed by atoms with E-state index in [0.29, 0.717) is 11.3 Å². The van der Waals surface area contributed by atoms with Gasteiger partial charge in [-0.1, -0.05) is 30.3 Å². The van der Waals surface area contributed by atoms with Gasteiger partial charge < -0.3 is 10.2 Å². The highest BCUT2D eigenvalue weighted by Gasteiger charge is 2.22. The second-order valence-corrected chi connectivity index (χ2v) is 7.88. The molecule has 0 radical (unpaired) electrons. The summed E-state index contributed by atoms with van der Waals surface area (Å²) < 4.78 is 0. The smallest absolute Gasteiger partial charge is 0.255 e. The molecular formula is C21H24N2O2S. The summed E-state index contributed by atoms with van der Waals surface area (Å²) in [7, 11) is 0. The molecule has 0 saturated carbocycles. The molecule has 26 heavy (non-hydrogen) atoms. The number of thioether (sulfide) groups is 1. The lowest BCUT2D eigenvalue weighted by molar-refractivity contribution is -0.115. The van der Waals surface area contributed by atoms with Gasteiger partial charge in [0.15, 0.2) is 0 Å². The Labute approximate surface area is 159 Å². The van der Waals surface area contributed by atoms with Crippen LogP contribution in [-0.2, 0) is 4.79 Å². The van der Waals surface area contributed by atoms with Crippen LogP contribution in [0, 0.1) is 0 Å². The molecular weight excluding hydrogens is 344 g/mol. The molecule has 1 atom stereocenters. The summed E-state index contributed by atoms with van der Waals surface area (Å²) in [5, 5.41) is 2.69. The number of benzene rings is 2. The van der Waals surface area contributed by atoms with E-state index in [0.717, 1.165) is 30.8 Å². The third-order valence-corrected chi connectivity index (χ3v) is 5.60. The first-order chi connectivity index (χ1) is 12.6. The van der Waals surface area contributed by atoms with Gasteiger partial charge in [-0.15, -0.1) is 11.8 Å². The predicted molar refractivity (Wildman–Crippen MR) is 107 cm³/mol. The lowest BCUT2D eigenvalue weighted by atomic mass is 10.1. The summed E-state index contributed by atoms with van der Waals surface area (Å²) in [6.45, 7) is 3.46. The van der Waals surface area contributed by atoms with Gasteiger partial charge in [0.25, 0.3) is 5.91 Å². The number of likely N-dealkylation sites (tertiary alicyclic amines) is 1. The zero-order valence-electron chi connectivity index (χ0n) is 15.0. The summed E-state index contributed by atoms with van der Waals surface area (Å²) in [4.78, 5) is 28.4. The number of hydrogen-bond donors (Lipinski definition) is 1. The van der Waals surface area contributed by atoms with Crippen molar-refractivity contribution >= 4 is 29.3 Å². The Kier molecular flexibility index (Phi) is 6.34. The lowest BCUT2D eigenvalue weighted by Gasteiger charge is -2.27. The Morgan fingerprint density at radius 3 is 2.35 bits per heavy atom. The molecule has 1 aliphatic heterocycles. The van der Waals surface area contributed by atoms with E-state index < -0.39 is 0 Å². The number of rotatable bonds is 5. The van der Waals surface area contributed by atoms with Crippen molar-refractivity contribution < 1.29 is 9.59 Å². The quantitative estimate of drug-likeness (QED) is 0.794. The monoisotopic (exact) mass is 368 g/mol. The zero-order valence-corrected chi connectivity index (χ0v) is 15.8. The van der Waals surface area contributed by atoms with Crippen molar-refractivity contribution in [1.82, 2.24) is 4.90 Å². The minimum absolute atomic E-state index is 0.00367. The fourth-order valence-corrected chi connectivity index (χ4v) is 3.93. The molecule has 1 N–H and O–H groups in total. The molecule has 4 nitrogen and oxygen atoms in total. The van der Waals surface area contributed by atoms with E-state index in [1.807, 2.05) is 54.3 Å². The van der Waals surface area contributed by atoms with Crippen molar-refractivity contribution in [2.75, 3.05) is 18.4 Å². The van der Waals surface area contributed by atoms with Crippen LogP contribution in [0.1, 0.15) is 36.5 Å². The molecule has 1 saturated heterocycles. The number of carbonyl (C=O) groups is 2. The Bertz CT molecular complexity index is 758. The molecule has 0 aliphatic carbocycles. The topological polar surface area (TPSA) is 49.4 Å². The Balaban J connectivity index is 1.69. The summed E-state index contributed by atoms with van der Waals surface area (Å²) in [6.07, 6.45) is 3.27. The summed E-state index contributed by atoms with van der Waals surface area (Å²) in [5.41, 5.74) is 1.16. The molecule has 136 valence electrons. The van der Waals surface area contributed by atoms with Gasteiger partial charge in [-0.3, -0.25) is 9.59 Å². The molecule has 1 aliphatic rings. The highest BCUT2D eigenvalue weighted by molar-refractivity contribution is 8.00. The van der Waals surface area contributed by atoms with Gasteiger partial charge in [0, 0.05) is 18.0 Å². The Hall–Kier alpha value is -2.27. The fraction of sp³-hybridized carbons (Fsp3) is 0.333. The van der Waals surface area contributed by atoms with E-state index in [1.165, 1.54) is 18.2 Å². The Morgan fingerprint density at radius 2 is 1.62 bits per heavy atom. The molecule has 2 aromatic carbocycles. The first-order valence-corrected chi connectivity index (χ1v) is 9.94. The maximum absolute atomic E-state index is 12.8. The van der Waals surface area contributed by atoms with E-state index in [9.17, 15) is 9.59 Å². The van der Waals surface area contributed by atoms with Crippen LogP contribution in [0.3, 0.4) is 0 Å². The van der Waals surface area contributed by atoms with Gasteiger partial charge in [0.2, 0.25) is 5.91 Å². The highest BCUT2D eigenvalue weighted by Crippen LogP contribution is 2.25. The molecule has 3 rings (SSSR count). The van der Waals surface area contributed by atoms with Gasteiger partial charge in [-0.2, -0.15) is 0 Å². The van der Waals surface area contributed by atoms with Gasteiger partial charge in [0.1, 0.15) is 0 Å². The molecule has 2 aromatic rings. The number of para-hydroxylation sites is 1. The maximum atomic E-state index is 12.8. The lowest BCUT2D eigenvalue weighted by Crippen LogP contribution is -2.36. The minimum atomic E-state index is -0.254. The van der Waals surface area contributed by atoms with Gasteiger partial charge in [-0.25, -0.2) is 0 Å². The molecule has 1 heterocycles. The van der Waals surface area contributed by atoms with Crippen molar-refractivity contribution in [3.63, 3.8) is 0 Å². The normalized spacial score (nSPS) is 15.3. The molecule has 0 unspecified atom stereocenters. The first-order valence-electron chi connectivity index (χ1n) is 9.06. The van der Waals surface area contributed by atoms with E-state index in [4.69, 9.17) is 0 Å². The van der Waals surface area contributed by atoms with Crippen molar-refractivity contribution in [2.45, 2.75) is 36.3 Å². The number of amides is 2. The van der Waals surface area contributed by atoms with Crippen LogP contribution < -0.4 is 5.32 Å². The second kappa shape index (κ2) is 8.90. The van der Waals surface area contributed by atoms with E-state index in [2.05, 4.69) is 5.32 Å². The number of piperidine rings is 1. The molecule has 2 amide bonds. The molecule has 5 heteroatoms. The average Bonchev–Trinajstić information content (AvgIpc) is 2.69. The number of nitrogens with one attached hydrogen (secondary N) is 1. The average molecular weight is 369 g/mol. The number of anilines is 1. The SMILES string of the molecule is C[C@@H](Sc1ccccc1)C(=O)Nc1ccccc1C(=O)N1CCCCC1. The van der Waals surface area contributed by atoms with Crippen molar-refractivity contribution in [3.05, 3.63) is 60.2 Å². The van der Waals surface area contributed by atoms with Gasteiger partial charge in [-0.05, 0) is 50.5 Å². The van der Waals surface area contributed by atoms with Crippen molar-refractivity contribution in [2.24, 2.45) is 0 Å². The van der Waals surface area contributed by atoms with E-state index in [-0.39, 0.29) is 17.1 Å². The number of carbonyl (C=O) groups excluding carboxylic acids is 2. The van der Waals surface area contributed by atoms with E-state index >= 15 is 0 Å². The minimum Gasteiger partial charge on any atom is -0.339 e. The number of hydrogen-bond acceptors (Lipinski definition) is 3. The third-order valence-electron chi connectivity index (χ3n) is 4.48. The Morgan fingerprint density at radius 1 is 0.962 bits per heavy atom. The summed E-state index contributed by atoms with van der Waals surface area (Å²) in [6, 6.07) is 17.1. The third kappa shape index (κ3) is 4.67. The van der Waals surface area contributed by atoms with Crippen LogP contribution in [0.5, 0.6) is 0 Å². The van der Waals surface area contributed by atoms with Gasteiger partial charge in [0.05, 0.1) is 16.5 Å². The zero-order chi connectivity index (χ0) is 18.4. The maximum Gasteiger partial charge on any atom is 0.255 e. The van der Waals surface area contributed by atoms with Crippen LogP contribution in [0.4, 0.5) is 5.69 Å². The first kappa shape index (κ1) is 18.5. The van der Waals surface area contributed by atoms with Crippen LogP contribution in [0.2, 0.25) is 0 Å². The predicted octanol–water partition coefficient (Wildman–Crippen LogP) is 4.43. The largest absolute Gasteiger partial charge is 0.339 e. The molecule has 0 aromatic heterocycles. The number of nitrogens with zero attached hydrogens (tertiary/aromatic N) is 1. The molecule has 0 spiro atoms. The summed E-state index contributed by atoms with van der Waals surface area (Å²) in [5.74, 6) is -0.0956. The van der Waals surface area contributed by atoms with Crippen LogP contribution in [0.25, 0.3) is 0 Å². The molecule has 1 fully saturated rings. The van der Waals surface area contributed by atoms with Crippen molar-refractivity contribution in [3.8, 4) is 0 Å².